The van der Waals surface area contributed by atoms with Crippen molar-refractivity contribution in [3.8, 4) is 0 Å². The highest BCUT2D eigenvalue weighted by Gasteiger charge is 2.35. The molecule has 0 aliphatic carbocycles. The van der Waals surface area contributed by atoms with Gasteiger partial charge in [-0.15, -0.1) is 0 Å². The normalized spacial score (nSPS) is 17.8. The van der Waals surface area contributed by atoms with E-state index in [4.69, 9.17) is 0 Å². The molecule has 1 fully saturated rings. The van der Waals surface area contributed by atoms with Crippen LogP contribution in [0.5, 0.6) is 0 Å². The minimum Gasteiger partial charge on any atom is -0.309 e. The first-order valence-corrected chi connectivity index (χ1v) is 10.8. The summed E-state index contributed by atoms with van der Waals surface area (Å²) in [4.78, 5) is 13.0. The zero-order valence-electron chi connectivity index (χ0n) is 15.6. The molecule has 7 nitrogen and oxygen atoms in total. The molecule has 1 saturated heterocycles. The summed E-state index contributed by atoms with van der Waals surface area (Å²) in [6.45, 7) is 0.386. The summed E-state index contributed by atoms with van der Waals surface area (Å²) in [7, 11) is -3.77. The van der Waals surface area contributed by atoms with Gasteiger partial charge in [0.15, 0.2) is 0 Å². The lowest BCUT2D eigenvalue weighted by Crippen LogP contribution is -2.38. The summed E-state index contributed by atoms with van der Waals surface area (Å²) in [6.07, 6.45) is 5.57. The molecule has 3 aromatic rings. The number of rotatable bonds is 5. The van der Waals surface area contributed by atoms with Crippen LogP contribution in [0.15, 0.2) is 65.8 Å². The van der Waals surface area contributed by atoms with E-state index < -0.39 is 21.9 Å². The number of nitrogens with one attached hydrogen (secondary N) is 1. The molecule has 3 heterocycles. The standard InChI is InChI=1S/C20H20FN5O2S/c21-15-7-9-16(10-8-15)29(27,28)26-14-4-2-5-18(26)17-11-13-23-20(24-17)25-19-6-1-3-12-22-19/h1,3,6-13,18H,2,4-5,14H2,(H,22,23,24,25)/t18-/m1/s1. The number of nitrogens with zero attached hydrogens (tertiary/aromatic N) is 4. The highest BCUT2D eigenvalue weighted by Crippen LogP contribution is 2.35. The summed E-state index contributed by atoms with van der Waals surface area (Å²) in [5.74, 6) is 0.482. The largest absolute Gasteiger partial charge is 0.309 e. The van der Waals surface area contributed by atoms with E-state index in [1.807, 2.05) is 12.1 Å². The Hall–Kier alpha value is -2.91. The Balaban J connectivity index is 1.64. The van der Waals surface area contributed by atoms with Crippen LogP contribution in [-0.4, -0.2) is 34.2 Å². The monoisotopic (exact) mass is 413 g/mol. The molecule has 29 heavy (non-hydrogen) atoms. The Kier molecular flexibility index (Phi) is 5.50. The van der Waals surface area contributed by atoms with Crippen LogP contribution in [0.1, 0.15) is 31.0 Å². The van der Waals surface area contributed by atoms with Gasteiger partial charge in [0.25, 0.3) is 0 Å². The van der Waals surface area contributed by atoms with E-state index in [-0.39, 0.29) is 4.90 Å². The molecule has 0 bridgehead atoms. The molecule has 4 rings (SSSR count). The Labute approximate surface area is 168 Å². The molecule has 150 valence electrons. The summed E-state index contributed by atoms with van der Waals surface area (Å²) in [5.41, 5.74) is 0.615. The first-order chi connectivity index (χ1) is 14.0. The average molecular weight is 413 g/mol. The number of hydrogen-bond donors (Lipinski definition) is 1. The Morgan fingerprint density at radius 3 is 2.59 bits per heavy atom. The second-order valence-electron chi connectivity index (χ2n) is 6.73. The third-order valence-electron chi connectivity index (χ3n) is 4.80. The van der Waals surface area contributed by atoms with E-state index >= 15 is 0 Å². The highest BCUT2D eigenvalue weighted by molar-refractivity contribution is 7.89. The van der Waals surface area contributed by atoms with Crippen LogP contribution in [0.25, 0.3) is 0 Å². The van der Waals surface area contributed by atoms with Crippen LogP contribution in [0, 0.1) is 5.82 Å². The maximum absolute atomic E-state index is 13.2. The fraction of sp³-hybridized carbons (Fsp3) is 0.250. The Morgan fingerprint density at radius 2 is 1.83 bits per heavy atom. The number of pyridine rings is 1. The van der Waals surface area contributed by atoms with Gasteiger partial charge in [-0.2, -0.15) is 4.31 Å². The topological polar surface area (TPSA) is 88.1 Å². The third-order valence-corrected chi connectivity index (χ3v) is 6.72. The quantitative estimate of drug-likeness (QED) is 0.687. The fourth-order valence-electron chi connectivity index (χ4n) is 3.40. The second kappa shape index (κ2) is 8.22. The zero-order chi connectivity index (χ0) is 20.3. The van der Waals surface area contributed by atoms with Crippen molar-refractivity contribution >= 4 is 21.8 Å². The van der Waals surface area contributed by atoms with E-state index in [0.717, 1.165) is 25.0 Å². The van der Waals surface area contributed by atoms with Gasteiger partial charge in [0, 0.05) is 18.9 Å². The van der Waals surface area contributed by atoms with Crippen LogP contribution >= 0.6 is 0 Å². The molecule has 1 aliphatic rings. The predicted molar refractivity (Wildman–Crippen MR) is 106 cm³/mol. The predicted octanol–water partition coefficient (Wildman–Crippen LogP) is 3.67. The Morgan fingerprint density at radius 1 is 1.00 bits per heavy atom. The molecule has 0 unspecified atom stereocenters. The summed E-state index contributed by atoms with van der Waals surface area (Å²) in [6, 6.07) is 11.7. The molecule has 0 spiro atoms. The SMILES string of the molecule is O=S(=O)(c1ccc(F)cc1)N1CCCC[C@@H]1c1ccnc(Nc2ccccn2)n1. The summed E-state index contributed by atoms with van der Waals surface area (Å²) >= 11 is 0. The molecule has 1 aromatic carbocycles. The third kappa shape index (κ3) is 4.25. The first-order valence-electron chi connectivity index (χ1n) is 9.32. The lowest BCUT2D eigenvalue weighted by Gasteiger charge is -2.34. The molecule has 9 heteroatoms. The lowest BCUT2D eigenvalue weighted by atomic mass is 10.0. The van der Waals surface area contributed by atoms with E-state index in [1.54, 1.807) is 24.5 Å². The summed E-state index contributed by atoms with van der Waals surface area (Å²) in [5, 5.41) is 3.03. The minimum atomic E-state index is -3.77. The minimum absolute atomic E-state index is 0.0756. The molecule has 0 amide bonds. The van der Waals surface area contributed by atoms with Crippen molar-refractivity contribution in [2.24, 2.45) is 0 Å². The van der Waals surface area contributed by atoms with Crippen molar-refractivity contribution < 1.29 is 12.8 Å². The first kappa shape index (κ1) is 19.4. The molecular weight excluding hydrogens is 393 g/mol. The van der Waals surface area contributed by atoms with Crippen molar-refractivity contribution in [2.45, 2.75) is 30.2 Å². The van der Waals surface area contributed by atoms with Gasteiger partial charge >= 0.3 is 0 Å². The van der Waals surface area contributed by atoms with Crippen molar-refractivity contribution in [1.29, 1.82) is 0 Å². The number of hydrogen-bond acceptors (Lipinski definition) is 6. The van der Waals surface area contributed by atoms with Gasteiger partial charge in [-0.05, 0) is 55.3 Å². The van der Waals surface area contributed by atoms with Crippen LogP contribution < -0.4 is 5.32 Å². The second-order valence-corrected chi connectivity index (χ2v) is 8.62. The van der Waals surface area contributed by atoms with E-state index in [9.17, 15) is 12.8 Å². The number of benzene rings is 1. The van der Waals surface area contributed by atoms with E-state index in [2.05, 4.69) is 20.3 Å². The van der Waals surface area contributed by atoms with Crippen molar-refractivity contribution in [3.63, 3.8) is 0 Å². The van der Waals surface area contributed by atoms with Gasteiger partial charge < -0.3 is 5.32 Å². The maximum atomic E-state index is 13.2. The van der Waals surface area contributed by atoms with E-state index in [1.165, 1.54) is 16.4 Å². The van der Waals surface area contributed by atoms with Gasteiger partial charge in [-0.25, -0.2) is 27.8 Å². The van der Waals surface area contributed by atoms with Crippen molar-refractivity contribution in [3.05, 3.63) is 72.4 Å². The maximum Gasteiger partial charge on any atom is 0.243 e. The van der Waals surface area contributed by atoms with Gasteiger partial charge in [0.1, 0.15) is 11.6 Å². The molecule has 0 radical (unpaired) electrons. The molecular formula is C20H20FN5O2S. The van der Waals surface area contributed by atoms with Crippen LogP contribution in [0.2, 0.25) is 0 Å². The molecule has 1 N–H and O–H groups in total. The van der Waals surface area contributed by atoms with Gasteiger partial charge in [0.2, 0.25) is 16.0 Å². The van der Waals surface area contributed by atoms with Crippen molar-refractivity contribution in [1.82, 2.24) is 19.3 Å². The van der Waals surface area contributed by atoms with Gasteiger partial charge in [-0.3, -0.25) is 0 Å². The number of sulfonamides is 1. The van der Waals surface area contributed by atoms with Gasteiger partial charge in [0.05, 0.1) is 16.6 Å². The van der Waals surface area contributed by atoms with Crippen LogP contribution in [0.3, 0.4) is 0 Å². The number of aromatic nitrogens is 3. The molecule has 0 saturated carbocycles. The molecule has 1 atom stereocenters. The number of anilines is 2. The Bertz CT molecular complexity index is 1080. The van der Waals surface area contributed by atoms with Crippen LogP contribution in [-0.2, 0) is 10.0 Å². The molecule has 2 aromatic heterocycles. The summed E-state index contributed by atoms with van der Waals surface area (Å²) < 4.78 is 41.1. The van der Waals surface area contributed by atoms with Gasteiger partial charge in [-0.1, -0.05) is 12.5 Å². The molecule has 1 aliphatic heterocycles. The number of halogens is 1. The lowest BCUT2D eigenvalue weighted by molar-refractivity contribution is 0.251. The van der Waals surface area contributed by atoms with E-state index in [0.29, 0.717) is 30.4 Å². The average Bonchev–Trinajstić information content (AvgIpc) is 2.75. The highest BCUT2D eigenvalue weighted by atomic mass is 32.2. The fourth-order valence-corrected chi connectivity index (χ4v) is 5.07. The van der Waals surface area contributed by atoms with Crippen LogP contribution in [0.4, 0.5) is 16.2 Å². The zero-order valence-corrected chi connectivity index (χ0v) is 16.4. The van der Waals surface area contributed by atoms with Crippen molar-refractivity contribution in [2.75, 3.05) is 11.9 Å². The smallest absolute Gasteiger partial charge is 0.243 e. The number of piperidine rings is 1.